The highest BCUT2D eigenvalue weighted by Gasteiger charge is 2.31. The van der Waals surface area contributed by atoms with Crippen molar-refractivity contribution in [2.45, 2.75) is 50.4 Å². The topological polar surface area (TPSA) is 60.5 Å². The number of hydrogen-bond acceptors (Lipinski definition) is 4. The molecule has 25 heavy (non-hydrogen) atoms. The lowest BCUT2D eigenvalue weighted by atomic mass is 9.92. The molecular weight excluding hydrogens is 337 g/mol. The first kappa shape index (κ1) is 18.0. The number of nitrogens with one attached hydrogen (secondary N) is 1. The minimum Gasteiger partial charge on any atom is -0.474 e. The summed E-state index contributed by atoms with van der Waals surface area (Å²) in [5, 5.41) is 3.05. The fourth-order valence-corrected chi connectivity index (χ4v) is 3.17. The summed E-state index contributed by atoms with van der Waals surface area (Å²) in [5.41, 5.74) is -0.790. The number of carbonyl (C=O) groups is 1. The van der Waals surface area contributed by atoms with Crippen molar-refractivity contribution in [2.75, 3.05) is 13.2 Å². The molecule has 1 aromatic heterocycles. The Morgan fingerprint density at radius 3 is 2.52 bits per heavy atom. The molecule has 1 saturated carbocycles. The first-order valence-electron chi connectivity index (χ1n) is 8.50. The van der Waals surface area contributed by atoms with Crippen LogP contribution in [0, 0.1) is 5.92 Å². The summed E-state index contributed by atoms with van der Waals surface area (Å²) in [5.74, 6) is 0.195. The molecule has 2 fully saturated rings. The van der Waals surface area contributed by atoms with Gasteiger partial charge in [-0.2, -0.15) is 13.2 Å². The van der Waals surface area contributed by atoms with Gasteiger partial charge in [0.2, 0.25) is 11.8 Å². The van der Waals surface area contributed by atoms with Gasteiger partial charge in [-0.25, -0.2) is 4.98 Å². The van der Waals surface area contributed by atoms with E-state index in [-0.39, 0.29) is 29.9 Å². The second-order valence-electron chi connectivity index (χ2n) is 6.54. The van der Waals surface area contributed by atoms with Gasteiger partial charge in [0.15, 0.2) is 0 Å². The first-order valence-corrected chi connectivity index (χ1v) is 8.50. The molecule has 0 aromatic carbocycles. The lowest BCUT2D eigenvalue weighted by molar-refractivity contribution is -0.137. The van der Waals surface area contributed by atoms with Crippen molar-refractivity contribution in [3.63, 3.8) is 0 Å². The number of hydrogen-bond donors (Lipinski definition) is 1. The third kappa shape index (κ3) is 4.84. The molecule has 1 unspecified atom stereocenters. The maximum absolute atomic E-state index is 12.5. The zero-order valence-electron chi connectivity index (χ0n) is 13.7. The second-order valence-corrected chi connectivity index (χ2v) is 6.54. The predicted molar refractivity (Wildman–Crippen MR) is 83.0 cm³/mol. The molecule has 1 N–H and O–H groups in total. The van der Waals surface area contributed by atoms with Gasteiger partial charge < -0.3 is 14.8 Å². The predicted octanol–water partition coefficient (Wildman–Crippen LogP) is 2.94. The molecule has 2 heterocycles. The summed E-state index contributed by atoms with van der Waals surface area (Å²) in [6, 6.07) is 2.34. The smallest absolute Gasteiger partial charge is 0.417 e. The number of ether oxygens (including phenoxy) is 2. The van der Waals surface area contributed by atoms with Crippen LogP contribution in [0.1, 0.15) is 37.7 Å². The van der Waals surface area contributed by atoms with E-state index in [9.17, 15) is 18.0 Å². The van der Waals surface area contributed by atoms with Crippen molar-refractivity contribution >= 4 is 5.91 Å². The molecule has 138 valence electrons. The largest absolute Gasteiger partial charge is 0.474 e. The van der Waals surface area contributed by atoms with Crippen molar-refractivity contribution in [1.82, 2.24) is 10.3 Å². The minimum atomic E-state index is -4.40. The number of pyridine rings is 1. The van der Waals surface area contributed by atoms with Crippen molar-refractivity contribution in [3.8, 4) is 5.88 Å². The molecule has 1 aromatic rings. The van der Waals surface area contributed by atoms with Crippen LogP contribution in [0.3, 0.4) is 0 Å². The summed E-state index contributed by atoms with van der Waals surface area (Å²) in [4.78, 5) is 15.8. The Balaban J connectivity index is 1.44. The van der Waals surface area contributed by atoms with Crippen molar-refractivity contribution in [3.05, 3.63) is 23.9 Å². The Kier molecular flexibility index (Phi) is 5.46. The highest BCUT2D eigenvalue weighted by molar-refractivity contribution is 5.79. The van der Waals surface area contributed by atoms with Gasteiger partial charge in [0.25, 0.3) is 0 Å². The van der Waals surface area contributed by atoms with Gasteiger partial charge in [0.1, 0.15) is 6.10 Å². The molecular formula is C17H21F3N2O3. The maximum atomic E-state index is 12.5. The van der Waals surface area contributed by atoms with Crippen LogP contribution in [-0.2, 0) is 15.7 Å². The van der Waals surface area contributed by atoms with Gasteiger partial charge in [-0.3, -0.25) is 4.79 Å². The van der Waals surface area contributed by atoms with Crippen LogP contribution >= 0.6 is 0 Å². The average molecular weight is 358 g/mol. The quantitative estimate of drug-likeness (QED) is 0.899. The number of nitrogens with zero attached hydrogens (tertiary/aromatic N) is 1. The van der Waals surface area contributed by atoms with E-state index in [0.717, 1.165) is 44.4 Å². The fraction of sp³-hybridized carbons (Fsp3) is 0.647. The van der Waals surface area contributed by atoms with Crippen LogP contribution in [0.5, 0.6) is 5.88 Å². The zero-order valence-corrected chi connectivity index (χ0v) is 13.7. The highest BCUT2D eigenvalue weighted by Crippen LogP contribution is 2.30. The SMILES string of the molecule is O=C(NC1CCC(Oc2ccc(C(F)(F)F)cn2)CC1)C1CCOC1. The number of alkyl halides is 3. The average Bonchev–Trinajstić information content (AvgIpc) is 3.11. The Bertz CT molecular complexity index is 578. The van der Waals surface area contributed by atoms with Gasteiger partial charge in [0.05, 0.1) is 18.1 Å². The van der Waals surface area contributed by atoms with E-state index in [0.29, 0.717) is 13.2 Å². The fourth-order valence-electron chi connectivity index (χ4n) is 3.17. The number of carbonyl (C=O) groups excluding carboxylic acids is 1. The molecule has 1 saturated heterocycles. The Morgan fingerprint density at radius 2 is 1.96 bits per heavy atom. The number of aromatic nitrogens is 1. The Labute approximate surface area is 143 Å². The molecule has 0 radical (unpaired) electrons. The molecule has 1 amide bonds. The first-order chi connectivity index (χ1) is 11.9. The van der Waals surface area contributed by atoms with E-state index in [1.54, 1.807) is 0 Å². The number of rotatable bonds is 4. The molecule has 2 aliphatic rings. The van der Waals surface area contributed by atoms with Crippen molar-refractivity contribution < 1.29 is 27.4 Å². The van der Waals surface area contributed by atoms with Crippen molar-refractivity contribution in [2.24, 2.45) is 5.92 Å². The standard InChI is InChI=1S/C17H21F3N2O3/c18-17(19,20)12-1-6-15(21-9-12)25-14-4-2-13(3-5-14)22-16(23)11-7-8-24-10-11/h1,6,9,11,13-14H,2-5,7-8,10H2,(H,22,23). The molecule has 1 aliphatic heterocycles. The third-order valence-electron chi connectivity index (χ3n) is 4.67. The monoisotopic (exact) mass is 358 g/mol. The summed E-state index contributed by atoms with van der Waals surface area (Å²) < 4.78 is 48.4. The van der Waals surface area contributed by atoms with Gasteiger partial charge >= 0.3 is 6.18 Å². The zero-order chi connectivity index (χ0) is 17.9. The number of halogens is 3. The van der Waals surface area contributed by atoms with Crippen LogP contribution < -0.4 is 10.1 Å². The van der Waals surface area contributed by atoms with Crippen LogP contribution in [0.25, 0.3) is 0 Å². The summed E-state index contributed by atoms with van der Waals surface area (Å²) in [6.07, 6.45) is 0.0898. The lowest BCUT2D eigenvalue weighted by Crippen LogP contribution is -2.42. The normalized spacial score (nSPS) is 27.1. The maximum Gasteiger partial charge on any atom is 0.417 e. The van der Waals surface area contributed by atoms with E-state index in [4.69, 9.17) is 9.47 Å². The van der Waals surface area contributed by atoms with Gasteiger partial charge in [-0.05, 0) is 38.2 Å². The number of amides is 1. The molecule has 1 aliphatic carbocycles. The second kappa shape index (κ2) is 7.59. The molecule has 0 spiro atoms. The minimum absolute atomic E-state index is 0.0475. The Hall–Kier alpha value is -1.83. The third-order valence-corrected chi connectivity index (χ3v) is 4.67. The van der Waals surface area contributed by atoms with Gasteiger partial charge in [-0.15, -0.1) is 0 Å². The van der Waals surface area contributed by atoms with E-state index >= 15 is 0 Å². The molecule has 1 atom stereocenters. The molecule has 8 heteroatoms. The molecule has 5 nitrogen and oxygen atoms in total. The van der Waals surface area contributed by atoms with Crippen LogP contribution in [0.15, 0.2) is 18.3 Å². The van der Waals surface area contributed by atoms with Crippen LogP contribution in [-0.4, -0.2) is 36.3 Å². The molecule has 0 bridgehead atoms. The lowest BCUT2D eigenvalue weighted by Gasteiger charge is -2.29. The van der Waals surface area contributed by atoms with Crippen LogP contribution in [0.2, 0.25) is 0 Å². The van der Waals surface area contributed by atoms with Gasteiger partial charge in [0, 0.05) is 24.9 Å². The summed E-state index contributed by atoms with van der Waals surface area (Å²) in [6.45, 7) is 1.13. The highest BCUT2D eigenvalue weighted by atomic mass is 19.4. The van der Waals surface area contributed by atoms with Gasteiger partial charge in [-0.1, -0.05) is 0 Å². The molecule has 3 rings (SSSR count). The van der Waals surface area contributed by atoms with E-state index in [1.807, 2.05) is 0 Å². The van der Waals surface area contributed by atoms with E-state index in [2.05, 4.69) is 10.3 Å². The summed E-state index contributed by atoms with van der Waals surface area (Å²) in [7, 11) is 0. The van der Waals surface area contributed by atoms with Crippen LogP contribution in [0.4, 0.5) is 13.2 Å². The van der Waals surface area contributed by atoms with E-state index in [1.165, 1.54) is 6.07 Å². The van der Waals surface area contributed by atoms with Crippen molar-refractivity contribution in [1.29, 1.82) is 0 Å². The Morgan fingerprint density at radius 1 is 1.20 bits per heavy atom. The summed E-state index contributed by atoms with van der Waals surface area (Å²) >= 11 is 0. The van der Waals surface area contributed by atoms with E-state index < -0.39 is 11.7 Å².